The van der Waals surface area contributed by atoms with Gasteiger partial charge in [0.15, 0.2) is 0 Å². The third kappa shape index (κ3) is 3.16. The molecule has 1 aliphatic heterocycles. The number of halogens is 2. The zero-order valence-electron chi connectivity index (χ0n) is 11.4. The first kappa shape index (κ1) is 15.0. The van der Waals surface area contributed by atoms with Gasteiger partial charge in [-0.15, -0.1) is 11.8 Å². The van der Waals surface area contributed by atoms with Crippen molar-refractivity contribution in [3.63, 3.8) is 0 Å². The minimum Gasteiger partial charge on any atom is -0.271 e. The molecule has 0 saturated heterocycles. The first-order valence-electron chi connectivity index (χ1n) is 6.82. The highest BCUT2D eigenvalue weighted by Crippen LogP contribution is 2.39. The Morgan fingerprint density at radius 3 is 2.86 bits per heavy atom. The maximum atomic E-state index is 13.6. The van der Waals surface area contributed by atoms with E-state index in [0.717, 1.165) is 12.0 Å². The molecule has 0 bridgehead atoms. The molecule has 5 heteroatoms. The number of hydrazine groups is 1. The number of hydrogen-bond donors (Lipinski definition) is 2. The molecular weight excluding hydrogens is 351 g/mol. The minimum atomic E-state index is -0.231. The number of hydrogen-bond acceptors (Lipinski definition) is 3. The molecule has 0 aromatic heterocycles. The highest BCUT2D eigenvalue weighted by molar-refractivity contribution is 9.10. The maximum Gasteiger partial charge on any atom is 0.137 e. The van der Waals surface area contributed by atoms with Crippen molar-refractivity contribution in [3.05, 3.63) is 63.9 Å². The van der Waals surface area contributed by atoms with Crippen molar-refractivity contribution in [3.8, 4) is 0 Å². The largest absolute Gasteiger partial charge is 0.271 e. The molecule has 2 nitrogen and oxygen atoms in total. The second-order valence-corrected chi connectivity index (χ2v) is 7.23. The Morgan fingerprint density at radius 1 is 1.29 bits per heavy atom. The van der Waals surface area contributed by atoms with Gasteiger partial charge >= 0.3 is 0 Å². The van der Waals surface area contributed by atoms with Gasteiger partial charge in [-0.05, 0) is 52.0 Å². The van der Waals surface area contributed by atoms with E-state index in [1.807, 2.05) is 17.8 Å². The summed E-state index contributed by atoms with van der Waals surface area (Å²) in [6.07, 6.45) is 1.68. The Labute approximate surface area is 136 Å². The number of nitrogens with one attached hydrogen (secondary N) is 1. The van der Waals surface area contributed by atoms with Gasteiger partial charge in [0.2, 0.25) is 0 Å². The number of fused-ring (bicyclic) bond motifs is 1. The molecule has 0 radical (unpaired) electrons. The quantitative estimate of drug-likeness (QED) is 0.640. The molecule has 2 aromatic carbocycles. The summed E-state index contributed by atoms with van der Waals surface area (Å²) in [6, 6.07) is 13.7. The minimum absolute atomic E-state index is 0.0977. The Kier molecular flexibility index (Phi) is 4.64. The lowest BCUT2D eigenvalue weighted by atomic mass is 9.99. The zero-order valence-corrected chi connectivity index (χ0v) is 13.8. The van der Waals surface area contributed by atoms with E-state index in [0.29, 0.717) is 16.1 Å². The lowest BCUT2D eigenvalue weighted by Crippen LogP contribution is -2.44. The van der Waals surface area contributed by atoms with Crippen LogP contribution >= 0.6 is 27.7 Å². The lowest BCUT2D eigenvalue weighted by molar-refractivity contribution is 0.504. The SMILES string of the molecule is NNC(Cc1cccc(F)c1Br)C1Cc2ccccc2S1. The van der Waals surface area contributed by atoms with Gasteiger partial charge in [-0.2, -0.15) is 0 Å². The fourth-order valence-corrected chi connectivity index (χ4v) is 4.49. The molecule has 110 valence electrons. The maximum absolute atomic E-state index is 13.6. The van der Waals surface area contributed by atoms with Crippen LogP contribution in [-0.4, -0.2) is 11.3 Å². The summed E-state index contributed by atoms with van der Waals surface area (Å²) in [6.45, 7) is 0. The zero-order chi connectivity index (χ0) is 14.8. The molecule has 1 aliphatic rings. The van der Waals surface area contributed by atoms with Crippen molar-refractivity contribution < 1.29 is 4.39 Å². The van der Waals surface area contributed by atoms with Crippen molar-refractivity contribution in [1.82, 2.24) is 5.43 Å². The third-order valence-corrected chi connectivity index (χ3v) is 6.14. The van der Waals surface area contributed by atoms with Gasteiger partial charge in [0.1, 0.15) is 5.82 Å². The van der Waals surface area contributed by atoms with Gasteiger partial charge in [-0.1, -0.05) is 30.3 Å². The van der Waals surface area contributed by atoms with Crippen LogP contribution in [0.5, 0.6) is 0 Å². The topological polar surface area (TPSA) is 38.0 Å². The normalized spacial score (nSPS) is 18.5. The second kappa shape index (κ2) is 6.48. The van der Waals surface area contributed by atoms with Crippen molar-refractivity contribution in [1.29, 1.82) is 0 Å². The van der Waals surface area contributed by atoms with Crippen LogP contribution in [0.25, 0.3) is 0 Å². The summed E-state index contributed by atoms with van der Waals surface area (Å²) >= 11 is 5.17. The molecule has 2 atom stereocenters. The predicted molar refractivity (Wildman–Crippen MR) is 88.7 cm³/mol. The van der Waals surface area contributed by atoms with Crippen LogP contribution in [0.3, 0.4) is 0 Å². The van der Waals surface area contributed by atoms with Gasteiger partial charge in [0.05, 0.1) is 4.47 Å². The van der Waals surface area contributed by atoms with E-state index in [-0.39, 0.29) is 11.9 Å². The Morgan fingerprint density at radius 2 is 2.10 bits per heavy atom. The summed E-state index contributed by atoms with van der Waals surface area (Å²) in [4.78, 5) is 1.32. The van der Waals surface area contributed by atoms with Crippen LogP contribution in [0.1, 0.15) is 11.1 Å². The van der Waals surface area contributed by atoms with Crippen molar-refractivity contribution >= 4 is 27.7 Å². The second-order valence-electron chi connectivity index (χ2n) is 5.16. The molecular formula is C16H16BrFN2S. The summed E-state index contributed by atoms with van der Waals surface area (Å²) in [5.41, 5.74) is 5.22. The summed E-state index contributed by atoms with van der Waals surface area (Å²) in [5, 5.41) is 0.363. The van der Waals surface area contributed by atoms with Gasteiger partial charge in [-0.25, -0.2) is 4.39 Å². The smallest absolute Gasteiger partial charge is 0.137 e. The van der Waals surface area contributed by atoms with Gasteiger partial charge in [-0.3, -0.25) is 11.3 Å². The van der Waals surface area contributed by atoms with E-state index >= 15 is 0 Å². The fourth-order valence-electron chi connectivity index (χ4n) is 2.67. The van der Waals surface area contributed by atoms with Crippen LogP contribution in [0.4, 0.5) is 4.39 Å². The molecule has 0 aliphatic carbocycles. The first-order valence-corrected chi connectivity index (χ1v) is 8.50. The summed E-state index contributed by atoms with van der Waals surface area (Å²) in [7, 11) is 0. The first-order chi connectivity index (χ1) is 10.2. The monoisotopic (exact) mass is 366 g/mol. The fraction of sp³-hybridized carbons (Fsp3) is 0.250. The number of rotatable bonds is 4. The molecule has 0 fully saturated rings. The van der Waals surface area contributed by atoms with Gasteiger partial charge in [0.25, 0.3) is 0 Å². The molecule has 2 aromatic rings. The standard InChI is InChI=1S/C16H16BrFN2S/c17-16-11(5-3-6-12(16)18)8-13(20-19)15-9-10-4-1-2-7-14(10)21-15/h1-7,13,15,20H,8-9,19H2. The van der Waals surface area contributed by atoms with Crippen LogP contribution in [0.2, 0.25) is 0 Å². The Bertz CT molecular complexity index is 625. The van der Waals surface area contributed by atoms with Crippen LogP contribution in [0, 0.1) is 5.82 Å². The van der Waals surface area contributed by atoms with Crippen molar-refractivity contribution in [2.75, 3.05) is 0 Å². The Hall–Kier alpha value is -0.880. The van der Waals surface area contributed by atoms with E-state index in [9.17, 15) is 4.39 Å². The van der Waals surface area contributed by atoms with Crippen LogP contribution in [0.15, 0.2) is 51.8 Å². The molecule has 2 unspecified atom stereocenters. The van der Waals surface area contributed by atoms with E-state index < -0.39 is 0 Å². The van der Waals surface area contributed by atoms with E-state index in [1.165, 1.54) is 16.5 Å². The molecule has 21 heavy (non-hydrogen) atoms. The lowest BCUT2D eigenvalue weighted by Gasteiger charge is -2.22. The van der Waals surface area contributed by atoms with Crippen molar-refractivity contribution in [2.45, 2.75) is 29.0 Å². The van der Waals surface area contributed by atoms with Crippen LogP contribution < -0.4 is 11.3 Å². The molecule has 3 rings (SSSR count). The third-order valence-electron chi connectivity index (χ3n) is 3.81. The number of benzene rings is 2. The average Bonchev–Trinajstić information content (AvgIpc) is 2.92. The average molecular weight is 367 g/mol. The number of thioether (sulfide) groups is 1. The summed E-state index contributed by atoms with van der Waals surface area (Å²) < 4.78 is 14.2. The molecule has 3 N–H and O–H groups in total. The molecule has 1 heterocycles. The van der Waals surface area contributed by atoms with E-state index in [4.69, 9.17) is 5.84 Å². The molecule has 0 spiro atoms. The highest BCUT2D eigenvalue weighted by Gasteiger charge is 2.29. The highest BCUT2D eigenvalue weighted by atomic mass is 79.9. The van der Waals surface area contributed by atoms with Gasteiger partial charge < -0.3 is 0 Å². The predicted octanol–water partition coefficient (Wildman–Crippen LogP) is 3.68. The van der Waals surface area contributed by atoms with E-state index in [2.05, 4.69) is 45.6 Å². The van der Waals surface area contributed by atoms with E-state index in [1.54, 1.807) is 6.07 Å². The van der Waals surface area contributed by atoms with Crippen molar-refractivity contribution in [2.24, 2.45) is 5.84 Å². The van der Waals surface area contributed by atoms with Crippen LogP contribution in [-0.2, 0) is 12.8 Å². The number of nitrogens with two attached hydrogens (primary N) is 1. The van der Waals surface area contributed by atoms with Gasteiger partial charge in [0, 0.05) is 16.2 Å². The molecule has 0 saturated carbocycles. The summed E-state index contributed by atoms with van der Waals surface area (Å²) in [5.74, 6) is 5.52. The molecule has 0 amide bonds. The Balaban J connectivity index is 1.77.